The van der Waals surface area contributed by atoms with E-state index in [0.717, 1.165) is 24.5 Å². The number of aromatic nitrogens is 3. The second-order valence-corrected chi connectivity index (χ2v) is 16.5. The minimum atomic E-state index is -5.01. The van der Waals surface area contributed by atoms with Gasteiger partial charge in [-0.05, 0) is 73.5 Å². The largest absolute Gasteiger partial charge is 0.573 e. The number of rotatable bonds is 12. The zero-order valence-electron chi connectivity index (χ0n) is 37.1. The number of likely N-dealkylation sites (tertiary alicyclic amines) is 1. The van der Waals surface area contributed by atoms with Crippen molar-refractivity contribution >= 4 is 68.6 Å². The highest BCUT2D eigenvalue weighted by molar-refractivity contribution is 6.07. The van der Waals surface area contributed by atoms with Crippen molar-refractivity contribution in [3.63, 3.8) is 0 Å². The van der Waals surface area contributed by atoms with Gasteiger partial charge in [0.05, 0.1) is 34.8 Å². The lowest BCUT2D eigenvalue weighted by molar-refractivity contribution is -0.274. The van der Waals surface area contributed by atoms with Crippen molar-refractivity contribution in [2.45, 2.75) is 38.7 Å². The van der Waals surface area contributed by atoms with Crippen molar-refractivity contribution < 1.29 is 65.3 Å². The Labute approximate surface area is 392 Å². The molecular weight excluding hydrogens is 929 g/mol. The molecule has 1 unspecified atom stereocenters. The van der Waals surface area contributed by atoms with Gasteiger partial charge in [-0.2, -0.15) is 0 Å². The number of alkyl halides is 3. The molecule has 360 valence electrons. The number of nitrogens with zero attached hydrogens (tertiary/aromatic N) is 5. The molecule has 19 nitrogen and oxygen atoms in total. The van der Waals surface area contributed by atoms with Gasteiger partial charge in [-0.15, -0.1) is 13.2 Å². The Hall–Kier alpha value is -8.63. The van der Waals surface area contributed by atoms with Crippen molar-refractivity contribution in [1.29, 1.82) is 0 Å². The van der Waals surface area contributed by atoms with Gasteiger partial charge in [0.2, 0.25) is 29.0 Å². The Morgan fingerprint density at radius 2 is 1.64 bits per heavy atom. The first kappa shape index (κ1) is 46.5. The molecule has 2 fully saturated rings. The number of nitrogens with one attached hydrogen (secondary N) is 3. The van der Waals surface area contributed by atoms with Crippen molar-refractivity contribution in [3.8, 4) is 28.9 Å². The van der Waals surface area contributed by atoms with Gasteiger partial charge in [0.25, 0.3) is 17.7 Å². The van der Waals surface area contributed by atoms with Crippen molar-refractivity contribution in [2.75, 3.05) is 37.4 Å². The molecule has 0 spiro atoms. The Morgan fingerprint density at radius 1 is 0.886 bits per heavy atom. The van der Waals surface area contributed by atoms with Gasteiger partial charge in [-0.25, -0.2) is 14.4 Å². The SMILES string of the molecule is COc1cc2c(Oc3ccc(NC(=O)c4c(C)n(C)c5ccc(OC(F)(F)F)cc5c4=O)cc3F)ncnc2cc1OCC(=O)N1CC(C(=O)Nc2ccc3c(c2)CN(C2CCC(=O)NC2=O)C3=O)C1. The Kier molecular flexibility index (Phi) is 12.0. The first-order valence-corrected chi connectivity index (χ1v) is 21.4. The summed E-state index contributed by atoms with van der Waals surface area (Å²) in [5, 5.41) is 7.60. The van der Waals surface area contributed by atoms with Crippen LogP contribution in [0.4, 0.5) is 28.9 Å². The van der Waals surface area contributed by atoms with Crippen LogP contribution >= 0.6 is 0 Å². The van der Waals surface area contributed by atoms with E-state index >= 15 is 4.39 Å². The zero-order chi connectivity index (χ0) is 49.8. The van der Waals surface area contributed by atoms with E-state index in [1.54, 1.807) is 18.2 Å². The monoisotopic (exact) mass is 966 g/mol. The minimum absolute atomic E-state index is 0.0782. The summed E-state index contributed by atoms with van der Waals surface area (Å²) in [5.74, 6) is -5.20. The van der Waals surface area contributed by atoms with Crippen LogP contribution in [0.2, 0.25) is 0 Å². The van der Waals surface area contributed by atoms with Crippen LogP contribution in [0, 0.1) is 18.7 Å². The van der Waals surface area contributed by atoms with Crippen LogP contribution in [0.1, 0.15) is 44.8 Å². The number of benzene rings is 4. The normalized spacial score (nSPS) is 15.9. The lowest BCUT2D eigenvalue weighted by Crippen LogP contribution is -2.55. The third-order valence-corrected chi connectivity index (χ3v) is 12.2. The molecule has 3 aliphatic rings. The van der Waals surface area contributed by atoms with Crippen molar-refractivity contribution in [1.82, 2.24) is 29.7 Å². The van der Waals surface area contributed by atoms with Crippen LogP contribution in [-0.4, -0.2) is 99.0 Å². The van der Waals surface area contributed by atoms with E-state index in [9.17, 15) is 46.7 Å². The number of amides is 6. The van der Waals surface area contributed by atoms with Crippen LogP contribution in [-0.2, 0) is 32.8 Å². The fourth-order valence-corrected chi connectivity index (χ4v) is 8.43. The van der Waals surface area contributed by atoms with Crippen LogP contribution < -0.4 is 40.3 Å². The molecule has 2 saturated heterocycles. The number of halogens is 4. The van der Waals surface area contributed by atoms with Crippen molar-refractivity contribution in [3.05, 3.63) is 111 Å². The predicted molar refractivity (Wildman–Crippen MR) is 238 cm³/mol. The third kappa shape index (κ3) is 9.07. The fraction of sp³-hybridized carbons (Fsp3) is 0.255. The van der Waals surface area contributed by atoms with Crippen LogP contribution in [0.15, 0.2) is 77.9 Å². The third-order valence-electron chi connectivity index (χ3n) is 12.2. The second-order valence-electron chi connectivity index (χ2n) is 16.5. The number of hydrogen-bond donors (Lipinski definition) is 3. The lowest BCUT2D eigenvalue weighted by Gasteiger charge is -2.38. The molecule has 0 aliphatic carbocycles. The van der Waals surface area contributed by atoms with Gasteiger partial charge in [-0.3, -0.25) is 38.9 Å². The summed E-state index contributed by atoms with van der Waals surface area (Å²) in [6.07, 6.45) is -3.51. The summed E-state index contributed by atoms with van der Waals surface area (Å²) in [6.45, 7) is 1.43. The van der Waals surface area contributed by atoms with Crippen LogP contribution in [0.25, 0.3) is 21.8 Å². The first-order chi connectivity index (χ1) is 33.3. The number of ether oxygens (including phenoxy) is 4. The number of aryl methyl sites for hydroxylation is 1. The number of carbonyl (C=O) groups is 6. The van der Waals surface area contributed by atoms with E-state index in [0.29, 0.717) is 16.8 Å². The maximum atomic E-state index is 15.6. The zero-order valence-corrected chi connectivity index (χ0v) is 37.1. The van der Waals surface area contributed by atoms with E-state index in [2.05, 4.69) is 30.7 Å². The average Bonchev–Trinajstić information content (AvgIpc) is 3.61. The van der Waals surface area contributed by atoms with Gasteiger partial charge in [0.15, 0.2) is 29.7 Å². The molecule has 2 aromatic heterocycles. The molecule has 3 N–H and O–H groups in total. The molecule has 0 saturated carbocycles. The van der Waals surface area contributed by atoms with Gasteiger partial charge in [0, 0.05) is 67.9 Å². The summed E-state index contributed by atoms with van der Waals surface area (Å²) >= 11 is 0. The number of carbonyl (C=O) groups excluding carboxylic acids is 6. The first-order valence-electron chi connectivity index (χ1n) is 21.4. The summed E-state index contributed by atoms with van der Waals surface area (Å²) in [5.41, 5.74) is 0.838. The number of pyridine rings is 1. The molecule has 1 atom stereocenters. The maximum Gasteiger partial charge on any atom is 0.573 e. The second kappa shape index (κ2) is 18.1. The molecule has 4 aromatic carbocycles. The lowest BCUT2D eigenvalue weighted by atomic mass is 9.98. The molecule has 70 heavy (non-hydrogen) atoms. The topological polar surface area (TPSA) is 230 Å². The molecule has 6 aromatic rings. The maximum absolute atomic E-state index is 15.6. The molecule has 0 bridgehead atoms. The Balaban J connectivity index is 0.805. The molecule has 5 heterocycles. The highest BCUT2D eigenvalue weighted by Crippen LogP contribution is 2.38. The van der Waals surface area contributed by atoms with Gasteiger partial charge in [0.1, 0.15) is 23.7 Å². The number of imide groups is 1. The number of methoxy groups -OCH3 is 1. The fourth-order valence-electron chi connectivity index (χ4n) is 8.43. The quantitative estimate of drug-likeness (QED) is 0.107. The van der Waals surface area contributed by atoms with Crippen LogP contribution in [0.3, 0.4) is 0 Å². The van der Waals surface area contributed by atoms with E-state index in [1.165, 1.54) is 65.8 Å². The summed E-state index contributed by atoms with van der Waals surface area (Å²) in [6, 6.07) is 13.6. The van der Waals surface area contributed by atoms with Crippen LogP contribution in [0.5, 0.6) is 28.9 Å². The van der Waals surface area contributed by atoms with Gasteiger partial charge >= 0.3 is 6.36 Å². The molecule has 3 aliphatic heterocycles. The average molecular weight is 967 g/mol. The molecular formula is C47H38F4N8O11. The number of fused-ring (bicyclic) bond motifs is 3. The van der Waals surface area contributed by atoms with Crippen molar-refractivity contribution in [2.24, 2.45) is 13.0 Å². The van der Waals surface area contributed by atoms with Gasteiger partial charge in [-0.1, -0.05) is 0 Å². The molecule has 9 rings (SSSR count). The molecule has 0 radical (unpaired) electrons. The molecule has 23 heteroatoms. The molecule has 6 amide bonds. The predicted octanol–water partition coefficient (Wildman–Crippen LogP) is 5.12. The highest BCUT2D eigenvalue weighted by atomic mass is 19.4. The number of hydrogen-bond acceptors (Lipinski definition) is 13. The standard InChI is InChI=1S/C47H38F4N8O11/c1-22-40(41(62)30-14-27(70-47(49,50)51)6-8-33(30)57(22)2)44(65)55-26-5-10-35(31(48)13-26)69-45-29-15-36(67-3)37(16-32(29)52-21-53-45)68-20-39(61)58-17-24(18-58)42(63)54-25-4-7-28-23(12-25)19-59(46(28)66)34-9-11-38(60)56-43(34)64/h4-8,10,12-16,21,24,34H,9,11,17-20H2,1-3H3,(H,54,63)(H,55,65)(H,56,60,64). The van der Waals surface area contributed by atoms with Gasteiger partial charge < -0.3 is 43.9 Å². The minimum Gasteiger partial charge on any atom is -0.493 e. The smallest absolute Gasteiger partial charge is 0.493 e. The van der Waals surface area contributed by atoms with E-state index in [1.807, 2.05) is 0 Å². The van der Waals surface area contributed by atoms with E-state index < -0.39 is 59.6 Å². The summed E-state index contributed by atoms with van der Waals surface area (Å²) < 4.78 is 76.8. The number of anilines is 2. The number of piperidine rings is 1. The Bertz CT molecular complexity index is 3280. The Morgan fingerprint density at radius 3 is 2.37 bits per heavy atom. The van der Waals surface area contributed by atoms with E-state index in [4.69, 9.17) is 14.2 Å². The highest BCUT2D eigenvalue weighted by Gasteiger charge is 2.40. The van der Waals surface area contributed by atoms with E-state index in [-0.39, 0.29) is 112 Å². The summed E-state index contributed by atoms with van der Waals surface area (Å²) in [4.78, 5) is 101. The summed E-state index contributed by atoms with van der Waals surface area (Å²) in [7, 11) is 2.88.